The van der Waals surface area contributed by atoms with Crippen LogP contribution in [-0.2, 0) is 13.0 Å². The van der Waals surface area contributed by atoms with Crippen LogP contribution in [0.15, 0.2) is 12.1 Å². The minimum absolute atomic E-state index is 0.182. The van der Waals surface area contributed by atoms with Gasteiger partial charge in [0.15, 0.2) is 0 Å². The summed E-state index contributed by atoms with van der Waals surface area (Å²) in [5.74, 6) is -0.998. The van der Waals surface area contributed by atoms with Crippen molar-refractivity contribution in [2.75, 3.05) is 26.7 Å². The average molecular weight is 347 g/mol. The lowest BCUT2D eigenvalue weighted by molar-refractivity contribution is -0.0753. The third-order valence-electron chi connectivity index (χ3n) is 6.54. The molecule has 0 unspecified atom stereocenters. The first-order valence-corrected chi connectivity index (χ1v) is 9.21. The van der Waals surface area contributed by atoms with Gasteiger partial charge in [-0.05, 0) is 68.8 Å². The van der Waals surface area contributed by atoms with E-state index in [4.69, 9.17) is 5.21 Å². The van der Waals surface area contributed by atoms with Crippen molar-refractivity contribution in [1.29, 1.82) is 0 Å². The first-order valence-electron chi connectivity index (χ1n) is 9.21. The Morgan fingerprint density at radius 1 is 1.36 bits per heavy atom. The molecule has 2 heterocycles. The molecule has 1 aromatic rings. The molecule has 136 valence electrons. The fraction of sp³-hybridized carbons (Fsp3) is 0.632. The normalized spacial score (nSPS) is 30.0. The molecular formula is C19H26FN3O2. The number of benzene rings is 1. The van der Waals surface area contributed by atoms with E-state index in [0.717, 1.165) is 25.1 Å². The van der Waals surface area contributed by atoms with Gasteiger partial charge in [0.25, 0.3) is 5.91 Å². The van der Waals surface area contributed by atoms with Gasteiger partial charge in [-0.2, -0.15) is 0 Å². The van der Waals surface area contributed by atoms with Gasteiger partial charge in [0.1, 0.15) is 5.82 Å². The van der Waals surface area contributed by atoms with Crippen LogP contribution in [0.25, 0.3) is 0 Å². The summed E-state index contributed by atoms with van der Waals surface area (Å²) in [6, 6.07) is 3.49. The van der Waals surface area contributed by atoms with E-state index < -0.39 is 5.91 Å². The molecule has 1 spiro atoms. The summed E-state index contributed by atoms with van der Waals surface area (Å²) >= 11 is 0. The zero-order valence-electron chi connectivity index (χ0n) is 14.7. The molecule has 1 aromatic carbocycles. The largest absolute Gasteiger partial charge is 0.306 e. The number of fused-ring (bicyclic) bond motifs is 1. The maximum absolute atomic E-state index is 14.6. The smallest absolute Gasteiger partial charge is 0.274 e. The van der Waals surface area contributed by atoms with Gasteiger partial charge in [-0.15, -0.1) is 0 Å². The van der Waals surface area contributed by atoms with Gasteiger partial charge in [0.2, 0.25) is 0 Å². The van der Waals surface area contributed by atoms with Crippen molar-refractivity contribution in [3.63, 3.8) is 0 Å². The minimum atomic E-state index is -0.660. The summed E-state index contributed by atoms with van der Waals surface area (Å²) in [6.45, 7) is 3.87. The van der Waals surface area contributed by atoms with E-state index in [0.29, 0.717) is 23.6 Å². The third-order valence-corrected chi connectivity index (χ3v) is 6.54. The van der Waals surface area contributed by atoms with Gasteiger partial charge in [-0.3, -0.25) is 14.9 Å². The number of hydroxylamine groups is 1. The lowest BCUT2D eigenvalue weighted by Crippen LogP contribution is -2.61. The van der Waals surface area contributed by atoms with Crippen molar-refractivity contribution < 1.29 is 14.4 Å². The van der Waals surface area contributed by atoms with E-state index >= 15 is 0 Å². The van der Waals surface area contributed by atoms with Gasteiger partial charge in [0.05, 0.1) is 0 Å². The predicted octanol–water partition coefficient (Wildman–Crippen LogP) is 2.18. The van der Waals surface area contributed by atoms with Crippen LogP contribution in [0.5, 0.6) is 0 Å². The summed E-state index contributed by atoms with van der Waals surface area (Å²) in [4.78, 5) is 16.5. The number of hydrogen-bond acceptors (Lipinski definition) is 4. The highest BCUT2D eigenvalue weighted by molar-refractivity contribution is 5.93. The molecule has 6 heteroatoms. The Hall–Kier alpha value is -1.50. The van der Waals surface area contributed by atoms with Crippen molar-refractivity contribution in [3.8, 4) is 0 Å². The van der Waals surface area contributed by atoms with E-state index in [1.54, 1.807) is 11.5 Å². The third kappa shape index (κ3) is 2.86. The minimum Gasteiger partial charge on any atom is -0.306 e. The second-order valence-electron chi connectivity index (χ2n) is 8.02. The molecule has 0 radical (unpaired) electrons. The first kappa shape index (κ1) is 16.9. The topological polar surface area (TPSA) is 55.8 Å². The molecule has 1 saturated carbocycles. The molecule has 3 aliphatic rings. The molecule has 2 atom stereocenters. The van der Waals surface area contributed by atoms with Crippen molar-refractivity contribution in [2.24, 2.45) is 5.41 Å². The molecule has 1 saturated heterocycles. The number of nitrogens with zero attached hydrogens (tertiary/aromatic N) is 2. The van der Waals surface area contributed by atoms with E-state index in [1.807, 2.05) is 0 Å². The number of rotatable bonds is 2. The number of nitrogens with one attached hydrogen (secondary N) is 1. The lowest BCUT2D eigenvalue weighted by Gasteiger charge is -2.58. The molecule has 4 rings (SSSR count). The van der Waals surface area contributed by atoms with Crippen LogP contribution in [0, 0.1) is 11.2 Å². The van der Waals surface area contributed by atoms with E-state index in [2.05, 4.69) is 16.8 Å². The maximum atomic E-state index is 14.6. The summed E-state index contributed by atoms with van der Waals surface area (Å²) in [7, 11) is 2.20. The number of carbonyl (C=O) groups is 1. The van der Waals surface area contributed by atoms with Crippen LogP contribution in [-0.4, -0.2) is 53.6 Å². The van der Waals surface area contributed by atoms with Crippen molar-refractivity contribution in [1.82, 2.24) is 15.3 Å². The summed E-state index contributed by atoms with van der Waals surface area (Å²) in [5.41, 5.74) is 3.76. The Bertz CT molecular complexity index is 695. The number of likely N-dealkylation sites (tertiary alicyclic amines) is 1. The van der Waals surface area contributed by atoms with Crippen molar-refractivity contribution >= 4 is 5.91 Å². The summed E-state index contributed by atoms with van der Waals surface area (Å²) < 4.78 is 14.6. The molecule has 0 aromatic heterocycles. The zero-order valence-corrected chi connectivity index (χ0v) is 14.7. The highest BCUT2D eigenvalue weighted by atomic mass is 19.1. The predicted molar refractivity (Wildman–Crippen MR) is 92.0 cm³/mol. The molecule has 25 heavy (non-hydrogen) atoms. The second-order valence-corrected chi connectivity index (χ2v) is 8.02. The SMILES string of the molecule is CN1CCC[C@]2(CC[C@@H]2N2CCc3cc(C(=O)NO)cc(F)c3C2)C1. The fourth-order valence-corrected chi connectivity index (χ4v) is 5.23. The van der Waals surface area contributed by atoms with Gasteiger partial charge in [0, 0.05) is 36.8 Å². The molecule has 0 bridgehead atoms. The van der Waals surface area contributed by atoms with E-state index in [1.165, 1.54) is 38.3 Å². The van der Waals surface area contributed by atoms with Crippen LogP contribution < -0.4 is 5.48 Å². The lowest BCUT2D eigenvalue weighted by atomic mass is 9.59. The molecule has 5 nitrogen and oxygen atoms in total. The number of halogens is 1. The van der Waals surface area contributed by atoms with Crippen LogP contribution in [0.3, 0.4) is 0 Å². The highest BCUT2D eigenvalue weighted by Crippen LogP contribution is 2.50. The van der Waals surface area contributed by atoms with Crippen LogP contribution in [0.1, 0.15) is 47.2 Å². The van der Waals surface area contributed by atoms with Crippen LogP contribution in [0.2, 0.25) is 0 Å². The number of hydrogen-bond donors (Lipinski definition) is 2. The zero-order chi connectivity index (χ0) is 17.6. The number of amides is 1. The molecule has 2 fully saturated rings. The highest BCUT2D eigenvalue weighted by Gasteiger charge is 2.51. The Morgan fingerprint density at radius 3 is 2.88 bits per heavy atom. The second kappa shape index (κ2) is 6.34. The maximum Gasteiger partial charge on any atom is 0.274 e. The number of piperidine rings is 1. The Morgan fingerprint density at radius 2 is 2.20 bits per heavy atom. The quantitative estimate of drug-likeness (QED) is 0.636. The Labute approximate surface area is 147 Å². The first-order chi connectivity index (χ1) is 12.0. The van der Waals surface area contributed by atoms with E-state index in [9.17, 15) is 9.18 Å². The monoisotopic (exact) mass is 347 g/mol. The van der Waals surface area contributed by atoms with Gasteiger partial charge < -0.3 is 4.90 Å². The Balaban J connectivity index is 1.54. The Kier molecular flexibility index (Phi) is 4.30. The van der Waals surface area contributed by atoms with Crippen LogP contribution in [0.4, 0.5) is 4.39 Å². The average Bonchev–Trinajstić information content (AvgIpc) is 2.60. The summed E-state index contributed by atoms with van der Waals surface area (Å²) in [6.07, 6.45) is 5.77. The molecule has 1 aliphatic carbocycles. The molecular weight excluding hydrogens is 321 g/mol. The van der Waals surface area contributed by atoms with Gasteiger partial charge in [-0.1, -0.05) is 0 Å². The molecule has 1 amide bonds. The van der Waals surface area contributed by atoms with E-state index in [-0.39, 0.29) is 11.4 Å². The standard InChI is InChI=1S/C19H26FN3O2/c1-22-7-2-5-19(12-22)6-3-17(19)23-8-4-13-9-14(18(24)21-25)10-16(20)15(13)11-23/h9-10,17,25H,2-8,11-12H2,1H3,(H,21,24)/t17-,19-/m0/s1. The fourth-order valence-electron chi connectivity index (χ4n) is 5.23. The van der Waals surface area contributed by atoms with Gasteiger partial charge in [-0.25, -0.2) is 9.87 Å². The molecule has 2 aliphatic heterocycles. The number of carbonyl (C=O) groups excluding carboxylic acids is 1. The van der Waals surface area contributed by atoms with Crippen LogP contribution >= 0.6 is 0 Å². The van der Waals surface area contributed by atoms with Crippen molar-refractivity contribution in [2.45, 2.75) is 44.7 Å². The van der Waals surface area contributed by atoms with Gasteiger partial charge >= 0.3 is 0 Å². The van der Waals surface area contributed by atoms with Crippen molar-refractivity contribution in [3.05, 3.63) is 34.6 Å². The summed E-state index contributed by atoms with van der Waals surface area (Å²) in [5, 5.41) is 8.77. The molecule has 2 N–H and O–H groups in total.